The SMILES string of the molecule is COc1cccc(N(C(=O)c2cccs2)C2CC2)c1. The van der Waals surface area contributed by atoms with E-state index in [1.165, 1.54) is 11.3 Å². The van der Waals surface area contributed by atoms with Crippen LogP contribution in [0.3, 0.4) is 0 Å². The first kappa shape index (κ1) is 12.2. The zero-order valence-corrected chi connectivity index (χ0v) is 11.5. The summed E-state index contributed by atoms with van der Waals surface area (Å²) in [5.41, 5.74) is 0.917. The molecule has 0 atom stereocenters. The van der Waals surface area contributed by atoms with Gasteiger partial charge in [-0.2, -0.15) is 0 Å². The number of benzene rings is 1. The first-order valence-electron chi connectivity index (χ1n) is 6.30. The maximum atomic E-state index is 12.6. The van der Waals surface area contributed by atoms with Crippen LogP contribution >= 0.6 is 11.3 Å². The number of anilines is 1. The number of hydrogen-bond donors (Lipinski definition) is 0. The highest BCUT2D eigenvalue weighted by molar-refractivity contribution is 7.12. The van der Waals surface area contributed by atoms with Crippen molar-refractivity contribution in [2.24, 2.45) is 0 Å². The molecule has 1 heterocycles. The molecule has 0 unspecified atom stereocenters. The lowest BCUT2D eigenvalue weighted by molar-refractivity contribution is 0.0989. The van der Waals surface area contributed by atoms with Crippen molar-refractivity contribution in [3.05, 3.63) is 46.7 Å². The Kier molecular flexibility index (Phi) is 3.25. The number of thiophene rings is 1. The van der Waals surface area contributed by atoms with Crippen molar-refractivity contribution < 1.29 is 9.53 Å². The van der Waals surface area contributed by atoms with Gasteiger partial charge in [-0.15, -0.1) is 11.3 Å². The molecule has 1 aliphatic rings. The van der Waals surface area contributed by atoms with E-state index in [0.717, 1.165) is 29.2 Å². The van der Waals surface area contributed by atoms with Gasteiger partial charge in [-0.05, 0) is 36.4 Å². The molecule has 0 bridgehead atoms. The summed E-state index contributed by atoms with van der Waals surface area (Å²) in [7, 11) is 1.64. The average molecular weight is 273 g/mol. The first-order chi connectivity index (χ1) is 9.29. The number of methoxy groups -OCH3 is 1. The summed E-state index contributed by atoms with van der Waals surface area (Å²) in [5, 5.41) is 1.93. The summed E-state index contributed by atoms with van der Waals surface area (Å²) in [5.74, 6) is 0.868. The second-order valence-corrected chi connectivity index (χ2v) is 5.53. The third-order valence-electron chi connectivity index (χ3n) is 3.19. The van der Waals surface area contributed by atoms with Crippen molar-refractivity contribution in [2.75, 3.05) is 12.0 Å². The molecule has 1 amide bonds. The molecule has 0 aliphatic heterocycles. The molecule has 98 valence electrons. The standard InChI is InChI=1S/C15H15NO2S/c1-18-13-5-2-4-12(10-13)16(11-7-8-11)15(17)14-6-3-9-19-14/h2-6,9-11H,7-8H2,1H3. The Morgan fingerprint density at radius 1 is 1.32 bits per heavy atom. The highest BCUT2D eigenvalue weighted by Gasteiger charge is 2.34. The quantitative estimate of drug-likeness (QED) is 0.852. The zero-order chi connectivity index (χ0) is 13.2. The van der Waals surface area contributed by atoms with Gasteiger partial charge in [-0.1, -0.05) is 12.1 Å². The Morgan fingerprint density at radius 2 is 2.16 bits per heavy atom. The van der Waals surface area contributed by atoms with E-state index in [0.29, 0.717) is 6.04 Å². The number of amides is 1. The molecule has 0 saturated heterocycles. The Hall–Kier alpha value is -1.81. The summed E-state index contributed by atoms with van der Waals surface area (Å²) < 4.78 is 5.24. The molecule has 0 radical (unpaired) electrons. The van der Waals surface area contributed by atoms with Gasteiger partial charge in [0, 0.05) is 17.8 Å². The lowest BCUT2D eigenvalue weighted by Crippen LogP contribution is -2.32. The fraction of sp³-hybridized carbons (Fsp3) is 0.267. The van der Waals surface area contributed by atoms with Gasteiger partial charge < -0.3 is 9.64 Å². The van der Waals surface area contributed by atoms with Gasteiger partial charge >= 0.3 is 0 Å². The van der Waals surface area contributed by atoms with E-state index in [9.17, 15) is 4.79 Å². The van der Waals surface area contributed by atoms with Crippen LogP contribution in [0.15, 0.2) is 41.8 Å². The molecule has 3 rings (SSSR count). The van der Waals surface area contributed by atoms with E-state index in [-0.39, 0.29) is 5.91 Å². The Morgan fingerprint density at radius 3 is 2.79 bits per heavy atom. The second kappa shape index (κ2) is 5.05. The van der Waals surface area contributed by atoms with Crippen LogP contribution in [0.25, 0.3) is 0 Å². The van der Waals surface area contributed by atoms with Crippen molar-refractivity contribution in [1.29, 1.82) is 0 Å². The fourth-order valence-corrected chi connectivity index (χ4v) is 2.77. The van der Waals surface area contributed by atoms with Gasteiger partial charge in [0.2, 0.25) is 0 Å². The third kappa shape index (κ3) is 2.49. The minimum Gasteiger partial charge on any atom is -0.497 e. The van der Waals surface area contributed by atoms with Gasteiger partial charge in [-0.25, -0.2) is 0 Å². The molecule has 19 heavy (non-hydrogen) atoms. The number of carbonyl (C=O) groups is 1. The van der Waals surface area contributed by atoms with Gasteiger partial charge in [-0.3, -0.25) is 4.79 Å². The van der Waals surface area contributed by atoms with Crippen molar-refractivity contribution in [1.82, 2.24) is 0 Å². The highest BCUT2D eigenvalue weighted by Crippen LogP contribution is 2.35. The molecule has 0 N–H and O–H groups in total. The van der Waals surface area contributed by atoms with Gasteiger partial charge in [0.1, 0.15) is 5.75 Å². The minimum atomic E-state index is 0.0887. The van der Waals surface area contributed by atoms with Crippen LogP contribution in [0.4, 0.5) is 5.69 Å². The topological polar surface area (TPSA) is 29.5 Å². The van der Waals surface area contributed by atoms with E-state index >= 15 is 0 Å². The molecule has 1 aromatic heterocycles. The monoisotopic (exact) mass is 273 g/mol. The van der Waals surface area contributed by atoms with Crippen LogP contribution in [-0.2, 0) is 0 Å². The smallest absolute Gasteiger partial charge is 0.268 e. The summed E-state index contributed by atoms with van der Waals surface area (Å²) in [6, 6.07) is 11.8. The molecule has 2 aromatic rings. The predicted molar refractivity (Wildman–Crippen MR) is 77.1 cm³/mol. The summed E-state index contributed by atoms with van der Waals surface area (Å²) in [4.78, 5) is 15.3. The lowest BCUT2D eigenvalue weighted by atomic mass is 10.2. The van der Waals surface area contributed by atoms with Crippen molar-refractivity contribution in [3.63, 3.8) is 0 Å². The van der Waals surface area contributed by atoms with E-state index in [2.05, 4.69) is 0 Å². The summed E-state index contributed by atoms with van der Waals surface area (Å²) in [6.45, 7) is 0. The number of carbonyl (C=O) groups excluding carboxylic acids is 1. The van der Waals surface area contributed by atoms with Crippen LogP contribution in [0.2, 0.25) is 0 Å². The molecule has 3 nitrogen and oxygen atoms in total. The molecular weight excluding hydrogens is 258 g/mol. The van der Waals surface area contributed by atoms with Crippen molar-refractivity contribution in [3.8, 4) is 5.75 Å². The van der Waals surface area contributed by atoms with E-state index in [4.69, 9.17) is 4.74 Å². The van der Waals surface area contributed by atoms with Crippen molar-refractivity contribution in [2.45, 2.75) is 18.9 Å². The van der Waals surface area contributed by atoms with Crippen LogP contribution < -0.4 is 9.64 Å². The number of ether oxygens (including phenoxy) is 1. The molecule has 1 fully saturated rings. The summed E-state index contributed by atoms with van der Waals surface area (Å²) in [6.07, 6.45) is 2.16. The van der Waals surface area contributed by atoms with Crippen molar-refractivity contribution >= 4 is 22.9 Å². The summed E-state index contributed by atoms with van der Waals surface area (Å²) >= 11 is 1.49. The largest absolute Gasteiger partial charge is 0.497 e. The Balaban J connectivity index is 1.94. The second-order valence-electron chi connectivity index (χ2n) is 4.59. The van der Waals surface area contributed by atoms with Gasteiger partial charge in [0.05, 0.1) is 12.0 Å². The predicted octanol–water partition coefficient (Wildman–Crippen LogP) is 3.57. The number of nitrogens with zero attached hydrogens (tertiary/aromatic N) is 1. The maximum Gasteiger partial charge on any atom is 0.268 e. The highest BCUT2D eigenvalue weighted by atomic mass is 32.1. The molecular formula is C15H15NO2S. The molecule has 1 saturated carbocycles. The molecule has 1 aliphatic carbocycles. The van der Waals surface area contributed by atoms with Gasteiger partial charge in [0.25, 0.3) is 5.91 Å². The average Bonchev–Trinajstić information content (AvgIpc) is 3.11. The minimum absolute atomic E-state index is 0.0887. The maximum absolute atomic E-state index is 12.6. The molecule has 1 aromatic carbocycles. The number of hydrogen-bond acceptors (Lipinski definition) is 3. The Labute approximate surface area is 116 Å². The Bertz CT molecular complexity index is 576. The van der Waals surface area contributed by atoms with E-state index in [1.807, 2.05) is 46.7 Å². The number of rotatable bonds is 4. The lowest BCUT2D eigenvalue weighted by Gasteiger charge is -2.22. The van der Waals surface area contributed by atoms with Crippen LogP contribution in [0.5, 0.6) is 5.75 Å². The van der Waals surface area contributed by atoms with E-state index < -0.39 is 0 Å². The molecule has 4 heteroatoms. The van der Waals surface area contributed by atoms with E-state index in [1.54, 1.807) is 7.11 Å². The fourth-order valence-electron chi connectivity index (χ4n) is 2.11. The van der Waals surface area contributed by atoms with Gasteiger partial charge in [0.15, 0.2) is 0 Å². The normalized spacial score (nSPS) is 14.2. The first-order valence-corrected chi connectivity index (χ1v) is 7.18. The van der Waals surface area contributed by atoms with Crippen LogP contribution in [0.1, 0.15) is 22.5 Å². The van der Waals surface area contributed by atoms with Crippen LogP contribution in [0, 0.1) is 0 Å². The molecule has 0 spiro atoms. The van der Waals surface area contributed by atoms with Crippen LogP contribution in [-0.4, -0.2) is 19.1 Å². The zero-order valence-electron chi connectivity index (χ0n) is 10.7. The third-order valence-corrected chi connectivity index (χ3v) is 4.05.